The van der Waals surface area contributed by atoms with Crippen LogP contribution in [-0.4, -0.2) is 24.3 Å². The van der Waals surface area contributed by atoms with E-state index < -0.39 is 11.7 Å². The lowest BCUT2D eigenvalue weighted by Crippen LogP contribution is -2.44. The molecular weight excluding hydrogens is 308 g/mol. The fourth-order valence-electron chi connectivity index (χ4n) is 2.16. The zero-order valence-electron chi connectivity index (χ0n) is 13.8. The molecule has 0 fully saturated rings. The highest BCUT2D eigenvalue weighted by atomic mass is 32.1. The van der Waals surface area contributed by atoms with Crippen LogP contribution in [0.2, 0.25) is 0 Å². The van der Waals surface area contributed by atoms with Gasteiger partial charge in [-0.3, -0.25) is 0 Å². The molecule has 1 amide bonds. The Balaban J connectivity index is 1.97. The van der Waals surface area contributed by atoms with E-state index in [1.807, 2.05) is 39.0 Å². The molecule has 4 nitrogen and oxygen atoms in total. The Morgan fingerprint density at radius 3 is 2.52 bits per heavy atom. The van der Waals surface area contributed by atoms with Crippen molar-refractivity contribution in [3.63, 3.8) is 0 Å². The van der Waals surface area contributed by atoms with Gasteiger partial charge in [-0.15, -0.1) is 11.3 Å². The first-order valence-corrected chi connectivity index (χ1v) is 8.53. The Kier molecular flexibility index (Phi) is 5.80. The molecule has 124 valence electrons. The van der Waals surface area contributed by atoms with Crippen LogP contribution in [0.4, 0.5) is 4.79 Å². The second-order valence-corrected chi connectivity index (χ2v) is 7.58. The summed E-state index contributed by atoms with van der Waals surface area (Å²) in [6, 6.07) is 14.3. The first-order chi connectivity index (χ1) is 10.9. The van der Waals surface area contributed by atoms with Crippen LogP contribution in [0, 0.1) is 0 Å². The van der Waals surface area contributed by atoms with Gasteiger partial charge in [-0.05, 0) is 38.5 Å². The number of carbonyl (C=O) groups is 1. The van der Waals surface area contributed by atoms with E-state index in [1.165, 1.54) is 15.3 Å². The molecule has 23 heavy (non-hydrogen) atoms. The third-order valence-corrected chi connectivity index (χ3v) is 4.33. The second-order valence-electron chi connectivity index (χ2n) is 6.41. The zero-order chi connectivity index (χ0) is 16.9. The molecule has 2 rings (SSSR count). The normalized spacial score (nSPS) is 12.7. The molecule has 1 unspecified atom stereocenters. The van der Waals surface area contributed by atoms with Gasteiger partial charge in [-0.25, -0.2) is 4.79 Å². The summed E-state index contributed by atoms with van der Waals surface area (Å²) in [6.45, 7) is 5.90. The molecular formula is C18H24N2O2S. The number of carbonyl (C=O) groups excluding carboxylic acids is 1. The van der Waals surface area contributed by atoms with Crippen LogP contribution in [0.15, 0.2) is 42.5 Å². The van der Waals surface area contributed by atoms with Gasteiger partial charge in [0.05, 0.1) is 0 Å². The van der Waals surface area contributed by atoms with Crippen LogP contribution >= 0.6 is 11.3 Å². The maximum atomic E-state index is 11.9. The monoisotopic (exact) mass is 332 g/mol. The van der Waals surface area contributed by atoms with Crippen molar-refractivity contribution in [1.82, 2.24) is 5.32 Å². The lowest BCUT2D eigenvalue weighted by atomic mass is 10.1. The summed E-state index contributed by atoms with van der Waals surface area (Å²) in [6.07, 6.45) is 0.278. The van der Waals surface area contributed by atoms with Crippen molar-refractivity contribution in [2.24, 2.45) is 5.73 Å². The number of alkyl carbamates (subject to hydrolysis) is 1. The van der Waals surface area contributed by atoms with Crippen LogP contribution in [0.5, 0.6) is 0 Å². The SMILES string of the molecule is CC(C)(C)OC(=O)NC(CN)Cc1ccc(-c2ccccc2)s1. The molecule has 1 atom stereocenters. The molecule has 0 saturated carbocycles. The van der Waals surface area contributed by atoms with E-state index in [0.717, 1.165) is 0 Å². The number of nitrogens with one attached hydrogen (secondary N) is 1. The van der Waals surface area contributed by atoms with Crippen LogP contribution in [0.3, 0.4) is 0 Å². The Bertz CT molecular complexity index is 632. The van der Waals surface area contributed by atoms with Gasteiger partial charge in [-0.1, -0.05) is 30.3 Å². The lowest BCUT2D eigenvalue weighted by Gasteiger charge is -2.22. The Labute approximate surface area is 141 Å². The third kappa shape index (κ3) is 5.69. The first-order valence-electron chi connectivity index (χ1n) is 7.71. The smallest absolute Gasteiger partial charge is 0.407 e. The third-order valence-electron chi connectivity index (χ3n) is 3.17. The quantitative estimate of drug-likeness (QED) is 0.875. The summed E-state index contributed by atoms with van der Waals surface area (Å²) in [5, 5.41) is 2.84. The summed E-state index contributed by atoms with van der Waals surface area (Å²) in [4.78, 5) is 14.3. The van der Waals surface area contributed by atoms with E-state index in [4.69, 9.17) is 10.5 Å². The topological polar surface area (TPSA) is 64.3 Å². The number of benzene rings is 1. The Morgan fingerprint density at radius 1 is 1.22 bits per heavy atom. The summed E-state index contributed by atoms with van der Waals surface area (Å²) >= 11 is 1.72. The van der Waals surface area contributed by atoms with E-state index in [0.29, 0.717) is 13.0 Å². The lowest BCUT2D eigenvalue weighted by molar-refractivity contribution is 0.0506. The van der Waals surface area contributed by atoms with E-state index in [9.17, 15) is 4.79 Å². The summed E-state index contributed by atoms with van der Waals surface area (Å²) < 4.78 is 5.28. The summed E-state index contributed by atoms with van der Waals surface area (Å²) in [5.41, 5.74) is 6.48. The highest BCUT2D eigenvalue weighted by Gasteiger charge is 2.19. The van der Waals surface area contributed by atoms with Crippen LogP contribution in [0.1, 0.15) is 25.6 Å². The van der Waals surface area contributed by atoms with Gasteiger partial charge in [-0.2, -0.15) is 0 Å². The molecule has 5 heteroatoms. The van der Waals surface area contributed by atoms with Crippen molar-refractivity contribution >= 4 is 17.4 Å². The molecule has 0 radical (unpaired) electrons. The van der Waals surface area contributed by atoms with E-state index in [1.54, 1.807) is 11.3 Å². The predicted molar refractivity (Wildman–Crippen MR) is 95.7 cm³/mol. The van der Waals surface area contributed by atoms with E-state index >= 15 is 0 Å². The molecule has 0 saturated heterocycles. The van der Waals surface area contributed by atoms with Crippen LogP contribution in [-0.2, 0) is 11.2 Å². The fraction of sp³-hybridized carbons (Fsp3) is 0.389. The Morgan fingerprint density at radius 2 is 1.91 bits per heavy atom. The van der Waals surface area contributed by atoms with Crippen molar-refractivity contribution in [3.05, 3.63) is 47.3 Å². The standard InChI is InChI=1S/C18H24N2O2S/c1-18(2,3)22-17(21)20-14(12-19)11-15-9-10-16(23-15)13-7-5-4-6-8-13/h4-10,14H,11-12,19H2,1-3H3,(H,20,21). The van der Waals surface area contributed by atoms with Crippen molar-refractivity contribution < 1.29 is 9.53 Å². The number of rotatable bonds is 5. The Hall–Kier alpha value is -1.85. The summed E-state index contributed by atoms with van der Waals surface area (Å²) in [5.74, 6) is 0. The van der Waals surface area contributed by atoms with Crippen molar-refractivity contribution in [1.29, 1.82) is 0 Å². The van der Waals surface area contributed by atoms with E-state index in [-0.39, 0.29) is 6.04 Å². The number of amides is 1. The minimum absolute atomic E-state index is 0.132. The van der Waals surface area contributed by atoms with Gasteiger partial charge < -0.3 is 15.8 Å². The van der Waals surface area contributed by atoms with Gasteiger partial charge in [0.1, 0.15) is 5.60 Å². The largest absolute Gasteiger partial charge is 0.444 e. The molecule has 0 spiro atoms. The molecule has 3 N–H and O–H groups in total. The van der Waals surface area contributed by atoms with Gasteiger partial charge in [0, 0.05) is 28.8 Å². The molecule has 0 aliphatic rings. The number of ether oxygens (including phenoxy) is 1. The molecule has 1 aromatic heterocycles. The molecule has 2 aromatic rings. The van der Waals surface area contributed by atoms with Crippen molar-refractivity contribution in [2.75, 3.05) is 6.54 Å². The minimum atomic E-state index is -0.507. The number of thiophene rings is 1. The number of nitrogens with two attached hydrogens (primary N) is 1. The molecule has 1 heterocycles. The first kappa shape index (κ1) is 17.5. The molecule has 0 aliphatic heterocycles. The van der Waals surface area contributed by atoms with Gasteiger partial charge in [0.2, 0.25) is 0 Å². The van der Waals surface area contributed by atoms with Gasteiger partial charge in [0.25, 0.3) is 0 Å². The van der Waals surface area contributed by atoms with Gasteiger partial charge in [0.15, 0.2) is 0 Å². The van der Waals surface area contributed by atoms with Crippen molar-refractivity contribution in [3.8, 4) is 10.4 Å². The molecule has 1 aromatic carbocycles. The van der Waals surface area contributed by atoms with Crippen LogP contribution in [0.25, 0.3) is 10.4 Å². The highest BCUT2D eigenvalue weighted by molar-refractivity contribution is 7.15. The number of hydrogen-bond acceptors (Lipinski definition) is 4. The van der Waals surface area contributed by atoms with Crippen molar-refractivity contribution in [2.45, 2.75) is 38.8 Å². The average molecular weight is 332 g/mol. The molecule has 0 aliphatic carbocycles. The zero-order valence-corrected chi connectivity index (χ0v) is 14.7. The predicted octanol–water partition coefficient (Wildman–Crippen LogP) is 3.81. The maximum Gasteiger partial charge on any atom is 0.407 e. The maximum absolute atomic E-state index is 11.9. The number of hydrogen-bond donors (Lipinski definition) is 2. The minimum Gasteiger partial charge on any atom is -0.444 e. The average Bonchev–Trinajstić information content (AvgIpc) is 2.94. The molecule has 0 bridgehead atoms. The fourth-order valence-corrected chi connectivity index (χ4v) is 3.25. The van der Waals surface area contributed by atoms with Gasteiger partial charge >= 0.3 is 6.09 Å². The van der Waals surface area contributed by atoms with E-state index in [2.05, 4.69) is 29.6 Å². The summed E-state index contributed by atoms with van der Waals surface area (Å²) in [7, 11) is 0. The van der Waals surface area contributed by atoms with Crippen LogP contribution < -0.4 is 11.1 Å². The highest BCUT2D eigenvalue weighted by Crippen LogP contribution is 2.28. The second kappa shape index (κ2) is 7.62.